The molecule has 0 N–H and O–H groups in total. The monoisotopic (exact) mass is 852 g/mol. The zero-order chi connectivity index (χ0) is 34.8. The summed E-state index contributed by atoms with van der Waals surface area (Å²) in [7, 11) is 1.56. The van der Waals surface area contributed by atoms with Crippen LogP contribution in [0, 0.1) is 3.57 Å². The van der Waals surface area contributed by atoms with Crippen molar-refractivity contribution < 1.29 is 23.7 Å². The number of hydrogen-bond acceptors (Lipinski definition) is 8. The number of aromatic nitrogens is 1. The lowest BCUT2D eigenvalue weighted by atomic mass is 9.95. The molecule has 11 heteroatoms. The van der Waals surface area contributed by atoms with Crippen LogP contribution in [0.1, 0.15) is 50.4 Å². The van der Waals surface area contributed by atoms with Crippen LogP contribution in [0.2, 0.25) is 0 Å². The Hall–Kier alpha value is -3.94. The number of allylic oxidation sites excluding steroid dienone is 1. The number of halogens is 2. The van der Waals surface area contributed by atoms with Crippen molar-refractivity contribution in [3.05, 3.63) is 128 Å². The highest BCUT2D eigenvalue weighted by Gasteiger charge is 2.34. The molecule has 6 rings (SSSR count). The highest BCUT2D eigenvalue weighted by molar-refractivity contribution is 14.1. The number of nitrogens with zero attached hydrogens (tertiary/aromatic N) is 2. The van der Waals surface area contributed by atoms with Gasteiger partial charge in [0.15, 0.2) is 16.3 Å². The maximum atomic E-state index is 14.2. The van der Waals surface area contributed by atoms with Crippen molar-refractivity contribution in [2.45, 2.75) is 46.4 Å². The lowest BCUT2D eigenvalue weighted by Gasteiger charge is -2.25. The van der Waals surface area contributed by atoms with Gasteiger partial charge in [-0.3, -0.25) is 9.36 Å². The Morgan fingerprint density at radius 1 is 1.08 bits per heavy atom. The average molecular weight is 854 g/mol. The minimum atomic E-state index is -0.781. The van der Waals surface area contributed by atoms with E-state index in [-0.39, 0.29) is 18.3 Å². The molecule has 1 atom stereocenters. The van der Waals surface area contributed by atoms with Gasteiger partial charge in [0, 0.05) is 0 Å². The zero-order valence-corrected chi connectivity index (χ0v) is 32.1. The summed E-state index contributed by atoms with van der Waals surface area (Å²) in [5.41, 5.74) is 3.09. The molecule has 0 saturated carbocycles. The van der Waals surface area contributed by atoms with Gasteiger partial charge in [-0.05, 0) is 124 Å². The molecule has 0 bridgehead atoms. The van der Waals surface area contributed by atoms with E-state index in [1.165, 1.54) is 11.3 Å². The predicted molar refractivity (Wildman–Crippen MR) is 204 cm³/mol. The van der Waals surface area contributed by atoms with Gasteiger partial charge in [0.2, 0.25) is 0 Å². The number of methoxy groups -OCH3 is 1. The van der Waals surface area contributed by atoms with Crippen molar-refractivity contribution >= 4 is 72.7 Å². The molecule has 0 unspecified atom stereocenters. The molecule has 5 aromatic rings. The summed E-state index contributed by atoms with van der Waals surface area (Å²) >= 11 is 7.23. The van der Waals surface area contributed by atoms with Crippen LogP contribution >= 0.6 is 49.9 Å². The Labute approximate surface area is 310 Å². The molecule has 4 aromatic carbocycles. The molecule has 2 heterocycles. The SMILES string of the molecule is CCOC(=O)C1=C(C)N=c2s/c(=C\c3cc(Br)c(OCc4cccc5ccccc45)c(I)c3)c(=O)n2[C@@H]1c1ccc(OC(C)C)c(OC)c1. The van der Waals surface area contributed by atoms with E-state index < -0.39 is 12.0 Å². The van der Waals surface area contributed by atoms with E-state index in [2.05, 4.69) is 62.8 Å². The second kappa shape index (κ2) is 14.9. The first-order valence-corrected chi connectivity index (χ1v) is 18.4. The van der Waals surface area contributed by atoms with Gasteiger partial charge in [-0.1, -0.05) is 59.9 Å². The molecule has 0 aliphatic carbocycles. The molecule has 0 fully saturated rings. The Morgan fingerprint density at radius 2 is 1.86 bits per heavy atom. The van der Waals surface area contributed by atoms with E-state index in [1.807, 2.05) is 56.3 Å². The van der Waals surface area contributed by atoms with Crippen LogP contribution in [0.5, 0.6) is 17.2 Å². The second-order valence-electron chi connectivity index (χ2n) is 11.6. The van der Waals surface area contributed by atoms with Gasteiger partial charge in [-0.2, -0.15) is 0 Å². The summed E-state index contributed by atoms with van der Waals surface area (Å²) in [5, 5.41) is 2.32. The number of carbonyl (C=O) groups is 1. The summed E-state index contributed by atoms with van der Waals surface area (Å²) in [4.78, 5) is 32.8. The molecule has 0 saturated heterocycles. The van der Waals surface area contributed by atoms with Gasteiger partial charge in [0.05, 0.1) is 49.7 Å². The molecule has 1 aliphatic heterocycles. The highest BCUT2D eigenvalue weighted by atomic mass is 127. The molecule has 0 radical (unpaired) electrons. The number of thiazole rings is 1. The lowest BCUT2D eigenvalue weighted by Crippen LogP contribution is -2.40. The smallest absolute Gasteiger partial charge is 0.338 e. The molecule has 252 valence electrons. The molecule has 49 heavy (non-hydrogen) atoms. The molecule has 1 aromatic heterocycles. The van der Waals surface area contributed by atoms with Gasteiger partial charge in [-0.25, -0.2) is 9.79 Å². The molecule has 0 spiro atoms. The Morgan fingerprint density at radius 3 is 2.59 bits per heavy atom. The average Bonchev–Trinajstić information content (AvgIpc) is 3.37. The maximum absolute atomic E-state index is 14.2. The van der Waals surface area contributed by atoms with Crippen LogP contribution in [0.4, 0.5) is 0 Å². The largest absolute Gasteiger partial charge is 0.493 e. The van der Waals surface area contributed by atoms with Crippen molar-refractivity contribution in [3.8, 4) is 17.2 Å². The highest BCUT2D eigenvalue weighted by Crippen LogP contribution is 2.37. The number of fused-ring (bicyclic) bond motifs is 2. The number of ether oxygens (including phenoxy) is 4. The summed E-state index contributed by atoms with van der Waals surface area (Å²) in [6.45, 7) is 7.97. The van der Waals surface area contributed by atoms with Gasteiger partial charge >= 0.3 is 5.97 Å². The third-order valence-electron chi connectivity index (χ3n) is 7.95. The summed E-state index contributed by atoms with van der Waals surface area (Å²) in [6.07, 6.45) is 1.77. The van der Waals surface area contributed by atoms with E-state index in [9.17, 15) is 9.59 Å². The number of carbonyl (C=O) groups excluding carboxylic acids is 1. The van der Waals surface area contributed by atoms with Crippen LogP contribution in [-0.2, 0) is 16.1 Å². The van der Waals surface area contributed by atoms with E-state index in [0.717, 1.165) is 35.7 Å². The maximum Gasteiger partial charge on any atom is 0.338 e. The topological polar surface area (TPSA) is 88.4 Å². The van der Waals surface area contributed by atoms with Crippen LogP contribution in [0.25, 0.3) is 16.8 Å². The van der Waals surface area contributed by atoms with Crippen molar-refractivity contribution in [1.29, 1.82) is 0 Å². The normalized spacial score (nSPS) is 14.5. The Kier molecular flexibility index (Phi) is 10.6. The number of esters is 1. The zero-order valence-electron chi connectivity index (χ0n) is 27.6. The summed E-state index contributed by atoms with van der Waals surface area (Å²) in [6, 6.07) is 23.0. The lowest BCUT2D eigenvalue weighted by molar-refractivity contribution is -0.139. The van der Waals surface area contributed by atoms with Crippen molar-refractivity contribution in [2.75, 3.05) is 13.7 Å². The van der Waals surface area contributed by atoms with Gasteiger partial charge in [-0.15, -0.1) is 0 Å². The van der Waals surface area contributed by atoms with E-state index in [1.54, 1.807) is 37.7 Å². The predicted octanol–water partition coefficient (Wildman–Crippen LogP) is 7.69. The van der Waals surface area contributed by atoms with Crippen molar-refractivity contribution in [2.24, 2.45) is 4.99 Å². The fourth-order valence-corrected chi connectivity index (χ4v) is 8.65. The van der Waals surface area contributed by atoms with E-state index in [0.29, 0.717) is 44.3 Å². The molecule has 1 aliphatic rings. The third-order valence-corrected chi connectivity index (χ3v) is 10.3. The quantitative estimate of drug-likeness (QED) is 0.106. The number of hydrogen-bond donors (Lipinski definition) is 0. The fraction of sp³-hybridized carbons (Fsp3) is 0.237. The first-order chi connectivity index (χ1) is 23.6. The molecular formula is C38H34BrIN2O6S. The summed E-state index contributed by atoms with van der Waals surface area (Å²) in [5.74, 6) is 1.26. The molecule has 0 amide bonds. The third kappa shape index (κ3) is 7.20. The minimum Gasteiger partial charge on any atom is -0.493 e. The Balaban J connectivity index is 1.39. The van der Waals surface area contributed by atoms with Gasteiger partial charge < -0.3 is 18.9 Å². The van der Waals surface area contributed by atoms with Crippen LogP contribution in [0.3, 0.4) is 0 Å². The minimum absolute atomic E-state index is 0.0670. The second-order valence-corrected chi connectivity index (χ2v) is 14.6. The molecule has 8 nitrogen and oxygen atoms in total. The fourth-order valence-electron chi connectivity index (χ4n) is 5.83. The standard InChI is InChI=1S/C38H34BrIN2O6S/c1-6-46-37(44)33-22(4)41-38-42(34(33)25-14-15-30(48-21(2)3)31(19-25)45-5)36(43)32(49-38)18-23-16-28(39)35(29(40)17-23)47-20-26-12-9-11-24-10-7-8-13-27(24)26/h7-19,21,34H,6,20H2,1-5H3/b32-18-/t34-/m1/s1. The van der Waals surface area contributed by atoms with E-state index >= 15 is 0 Å². The van der Waals surface area contributed by atoms with Crippen LogP contribution in [-0.4, -0.2) is 30.4 Å². The van der Waals surface area contributed by atoms with E-state index in [4.69, 9.17) is 23.9 Å². The summed E-state index contributed by atoms with van der Waals surface area (Å²) < 4.78 is 27.1. The van der Waals surface area contributed by atoms with Crippen molar-refractivity contribution in [1.82, 2.24) is 4.57 Å². The molecular weight excluding hydrogens is 819 g/mol. The van der Waals surface area contributed by atoms with Crippen LogP contribution in [0.15, 0.2) is 98.3 Å². The first-order valence-electron chi connectivity index (χ1n) is 15.7. The first kappa shape index (κ1) is 34.9. The van der Waals surface area contributed by atoms with Crippen LogP contribution < -0.4 is 29.1 Å². The number of benzene rings is 4. The van der Waals surface area contributed by atoms with Crippen molar-refractivity contribution in [3.63, 3.8) is 0 Å². The van der Waals surface area contributed by atoms with Gasteiger partial charge in [0.25, 0.3) is 5.56 Å². The number of rotatable bonds is 10. The Bertz CT molecular complexity index is 2270. The van der Waals surface area contributed by atoms with Gasteiger partial charge in [0.1, 0.15) is 12.4 Å².